The van der Waals surface area contributed by atoms with Gasteiger partial charge in [-0.15, -0.1) is 0 Å². The van der Waals surface area contributed by atoms with Crippen LogP contribution < -0.4 is 10.6 Å². The van der Waals surface area contributed by atoms with E-state index >= 15 is 0 Å². The smallest absolute Gasteiger partial charge is 0.226 e. The highest BCUT2D eigenvalue weighted by atomic mass is 32.1. The van der Waals surface area contributed by atoms with E-state index in [1.807, 2.05) is 30.3 Å². The molecule has 25 heavy (non-hydrogen) atoms. The van der Waals surface area contributed by atoms with Crippen molar-refractivity contribution in [3.05, 3.63) is 70.6 Å². The van der Waals surface area contributed by atoms with Gasteiger partial charge in [0.2, 0.25) is 5.91 Å². The third-order valence-corrected chi connectivity index (χ3v) is 5.06. The van der Waals surface area contributed by atoms with Crippen molar-refractivity contribution >= 4 is 33.9 Å². The van der Waals surface area contributed by atoms with Crippen molar-refractivity contribution in [3.8, 4) is 0 Å². The van der Waals surface area contributed by atoms with Crippen LogP contribution >= 0.6 is 11.3 Å². The molecule has 7 heteroatoms. The van der Waals surface area contributed by atoms with Gasteiger partial charge in [0.25, 0.3) is 0 Å². The summed E-state index contributed by atoms with van der Waals surface area (Å²) in [5.74, 6) is -1.59. The first-order valence-corrected chi connectivity index (χ1v) is 8.49. The molecule has 0 radical (unpaired) electrons. The van der Waals surface area contributed by atoms with Gasteiger partial charge in [0.1, 0.15) is 17.5 Å². The predicted molar refractivity (Wildman–Crippen MR) is 93.3 cm³/mol. The fourth-order valence-electron chi connectivity index (χ4n) is 2.85. The molecule has 0 unspecified atom stereocenters. The first-order chi connectivity index (χ1) is 12.1. The Labute approximate surface area is 146 Å². The van der Waals surface area contributed by atoms with Gasteiger partial charge >= 0.3 is 0 Å². The molecular formula is C18H13F2N3OS. The monoisotopic (exact) mass is 357 g/mol. The third kappa shape index (κ3) is 3.10. The maximum absolute atomic E-state index is 14.2. The Balaban J connectivity index is 1.71. The molecule has 0 spiro atoms. The van der Waals surface area contributed by atoms with Crippen molar-refractivity contribution in [1.82, 2.24) is 4.98 Å². The van der Waals surface area contributed by atoms with Gasteiger partial charge in [-0.25, -0.2) is 13.8 Å². The number of carbonyl (C=O) groups excluding carboxylic acids is 1. The lowest BCUT2D eigenvalue weighted by Crippen LogP contribution is -2.23. The third-order valence-electron chi connectivity index (χ3n) is 3.98. The second-order valence-corrected chi connectivity index (χ2v) is 6.72. The number of hydrogen-bond donors (Lipinski definition) is 2. The molecule has 4 rings (SSSR count). The molecule has 126 valence electrons. The second kappa shape index (κ2) is 6.25. The van der Waals surface area contributed by atoms with Crippen molar-refractivity contribution < 1.29 is 13.6 Å². The Morgan fingerprint density at radius 2 is 1.96 bits per heavy atom. The molecule has 0 saturated heterocycles. The van der Waals surface area contributed by atoms with Crippen LogP contribution in [-0.2, 0) is 4.79 Å². The number of aromatic nitrogens is 1. The highest BCUT2D eigenvalue weighted by Crippen LogP contribution is 2.43. The molecule has 0 aliphatic carbocycles. The van der Waals surface area contributed by atoms with Gasteiger partial charge in [-0.3, -0.25) is 4.79 Å². The number of thiazole rings is 1. The van der Waals surface area contributed by atoms with E-state index in [2.05, 4.69) is 15.6 Å². The first kappa shape index (κ1) is 15.7. The summed E-state index contributed by atoms with van der Waals surface area (Å²) in [6.07, 6.45) is 0.0997. The molecule has 2 heterocycles. The number of carbonyl (C=O) groups is 1. The Morgan fingerprint density at radius 1 is 1.16 bits per heavy atom. The fraction of sp³-hybridized carbons (Fsp3) is 0.111. The van der Waals surface area contributed by atoms with E-state index in [-0.39, 0.29) is 12.3 Å². The predicted octanol–water partition coefficient (Wildman–Crippen LogP) is 4.64. The summed E-state index contributed by atoms with van der Waals surface area (Å²) in [6, 6.07) is 12.9. The van der Waals surface area contributed by atoms with Crippen LogP contribution in [-0.4, -0.2) is 10.9 Å². The largest absolute Gasteiger partial charge is 0.331 e. The van der Waals surface area contributed by atoms with E-state index in [0.717, 1.165) is 16.6 Å². The zero-order valence-electron chi connectivity index (χ0n) is 12.9. The summed E-state index contributed by atoms with van der Waals surface area (Å²) in [4.78, 5) is 17.1. The molecule has 0 fully saturated rings. The van der Waals surface area contributed by atoms with Crippen molar-refractivity contribution in [2.45, 2.75) is 12.3 Å². The molecular weight excluding hydrogens is 344 g/mol. The number of nitrogens with one attached hydrogen (secondary N) is 2. The number of halogens is 2. The van der Waals surface area contributed by atoms with Gasteiger partial charge in [0, 0.05) is 24.1 Å². The van der Waals surface area contributed by atoms with Gasteiger partial charge in [0.15, 0.2) is 5.13 Å². The van der Waals surface area contributed by atoms with Crippen LogP contribution in [0.15, 0.2) is 48.5 Å². The molecule has 2 N–H and O–H groups in total. The quantitative estimate of drug-likeness (QED) is 0.718. The number of rotatable bonds is 3. The summed E-state index contributed by atoms with van der Waals surface area (Å²) in [5, 5.41) is 6.50. The van der Waals surface area contributed by atoms with E-state index in [9.17, 15) is 13.6 Å². The van der Waals surface area contributed by atoms with Gasteiger partial charge in [0.05, 0.1) is 4.88 Å². The molecule has 1 amide bonds. The number of benzene rings is 2. The molecule has 1 aliphatic rings. The summed E-state index contributed by atoms with van der Waals surface area (Å²) in [5.41, 5.74) is 1.16. The number of amides is 1. The highest BCUT2D eigenvalue weighted by molar-refractivity contribution is 7.16. The summed E-state index contributed by atoms with van der Waals surface area (Å²) in [6.45, 7) is 0. The Bertz CT molecular complexity index is 943. The topological polar surface area (TPSA) is 54.0 Å². The number of anilines is 3. The minimum absolute atomic E-state index is 0.0997. The normalized spacial score (nSPS) is 16.2. The number of nitrogens with zero attached hydrogens (tertiary/aromatic N) is 1. The van der Waals surface area contributed by atoms with Crippen LogP contribution in [0.3, 0.4) is 0 Å². The molecule has 3 aromatic rings. The molecule has 1 aliphatic heterocycles. The zero-order valence-corrected chi connectivity index (χ0v) is 13.7. The van der Waals surface area contributed by atoms with Crippen molar-refractivity contribution in [1.29, 1.82) is 0 Å². The van der Waals surface area contributed by atoms with E-state index in [4.69, 9.17) is 0 Å². The molecule has 2 aromatic carbocycles. The standard InChI is InChI=1S/C18H13F2N3OS/c19-10-6-7-12(14(20)8-10)13-9-15(24)22-17-16(13)25-18(23-17)21-11-4-2-1-3-5-11/h1-8,13H,9H2,(H,21,23)(H,22,24)/t13-/m1/s1. The van der Waals surface area contributed by atoms with Crippen molar-refractivity contribution in [2.75, 3.05) is 10.6 Å². The molecule has 0 saturated carbocycles. The molecule has 4 nitrogen and oxygen atoms in total. The van der Waals surface area contributed by atoms with E-state index in [1.165, 1.54) is 23.5 Å². The number of fused-ring (bicyclic) bond motifs is 1. The lowest BCUT2D eigenvalue weighted by molar-refractivity contribution is -0.116. The lowest BCUT2D eigenvalue weighted by atomic mass is 9.91. The van der Waals surface area contributed by atoms with Crippen molar-refractivity contribution in [2.24, 2.45) is 0 Å². The average Bonchev–Trinajstić information content (AvgIpc) is 2.97. The van der Waals surface area contributed by atoms with Gasteiger partial charge < -0.3 is 10.6 Å². The van der Waals surface area contributed by atoms with Crippen LogP contribution in [0.2, 0.25) is 0 Å². The lowest BCUT2D eigenvalue weighted by Gasteiger charge is -2.21. The van der Waals surface area contributed by atoms with Crippen LogP contribution in [0.4, 0.5) is 25.4 Å². The highest BCUT2D eigenvalue weighted by Gasteiger charge is 2.32. The second-order valence-electron chi connectivity index (χ2n) is 5.69. The minimum atomic E-state index is -0.656. The fourth-order valence-corrected chi connectivity index (χ4v) is 3.91. The Morgan fingerprint density at radius 3 is 2.72 bits per heavy atom. The summed E-state index contributed by atoms with van der Waals surface area (Å²) < 4.78 is 27.4. The van der Waals surface area contributed by atoms with E-state index < -0.39 is 17.6 Å². The average molecular weight is 357 g/mol. The van der Waals surface area contributed by atoms with Gasteiger partial charge in [-0.05, 0) is 23.8 Å². The molecule has 0 bridgehead atoms. The zero-order chi connectivity index (χ0) is 17.4. The van der Waals surface area contributed by atoms with E-state index in [1.54, 1.807) is 0 Å². The van der Waals surface area contributed by atoms with Gasteiger partial charge in [-0.2, -0.15) is 0 Å². The van der Waals surface area contributed by atoms with Crippen LogP contribution in [0.1, 0.15) is 22.8 Å². The summed E-state index contributed by atoms with van der Waals surface area (Å²) in [7, 11) is 0. The molecule has 1 atom stereocenters. The number of para-hydroxylation sites is 1. The van der Waals surface area contributed by atoms with Crippen LogP contribution in [0, 0.1) is 11.6 Å². The first-order valence-electron chi connectivity index (χ1n) is 7.68. The Hall–Kier alpha value is -2.80. The van der Waals surface area contributed by atoms with Crippen molar-refractivity contribution in [3.63, 3.8) is 0 Å². The van der Waals surface area contributed by atoms with Gasteiger partial charge in [-0.1, -0.05) is 35.6 Å². The number of hydrogen-bond acceptors (Lipinski definition) is 4. The van der Waals surface area contributed by atoms with Crippen LogP contribution in [0.5, 0.6) is 0 Å². The maximum Gasteiger partial charge on any atom is 0.226 e. The summed E-state index contributed by atoms with van der Waals surface area (Å²) >= 11 is 1.35. The Kier molecular flexibility index (Phi) is 3.93. The van der Waals surface area contributed by atoms with E-state index in [0.29, 0.717) is 16.5 Å². The van der Waals surface area contributed by atoms with Crippen LogP contribution in [0.25, 0.3) is 0 Å². The molecule has 1 aromatic heterocycles. The SMILES string of the molecule is O=C1C[C@H](c2ccc(F)cc2F)c2sc(Nc3ccccc3)nc2N1. The minimum Gasteiger partial charge on any atom is -0.331 e. The maximum atomic E-state index is 14.2.